The average molecular weight is 454 g/mol. The van der Waals surface area contributed by atoms with Crippen molar-refractivity contribution in [1.82, 2.24) is 15.1 Å². The van der Waals surface area contributed by atoms with Crippen molar-refractivity contribution in [2.75, 3.05) is 17.3 Å². The van der Waals surface area contributed by atoms with E-state index in [2.05, 4.69) is 10.2 Å². The molecule has 162 valence electrons. The molecule has 0 radical (unpaired) electrons. The largest absolute Gasteiger partial charge is 0.411 e. The number of amides is 1. The molecule has 0 bridgehead atoms. The van der Waals surface area contributed by atoms with E-state index in [0.29, 0.717) is 6.42 Å². The van der Waals surface area contributed by atoms with Crippen LogP contribution in [-0.2, 0) is 14.6 Å². The second-order valence-corrected chi connectivity index (χ2v) is 10.9. The van der Waals surface area contributed by atoms with Gasteiger partial charge >= 0.3 is 0 Å². The van der Waals surface area contributed by atoms with Crippen molar-refractivity contribution in [3.05, 3.63) is 30.1 Å². The normalized spacial score (nSPS) is 21.6. The van der Waals surface area contributed by atoms with Gasteiger partial charge in [-0.1, -0.05) is 43.2 Å². The minimum Gasteiger partial charge on any atom is -0.411 e. The lowest BCUT2D eigenvalue weighted by Crippen LogP contribution is -2.49. The van der Waals surface area contributed by atoms with Crippen LogP contribution in [0.4, 0.5) is 4.39 Å². The standard InChI is InChI=1S/C20H24FN3O4S2/c21-17-9-5-4-8-16(17)19-22-23-20(28-19)29-12-18(25)24(14-6-2-1-3-7-14)15-10-11-30(26,27)13-15/h4-5,8-9,14-15H,1-3,6-7,10-13H2/t15-/m0/s1. The highest BCUT2D eigenvalue weighted by molar-refractivity contribution is 7.99. The number of rotatable bonds is 6. The Morgan fingerprint density at radius 3 is 2.60 bits per heavy atom. The Hall–Kier alpha value is -1.94. The second-order valence-electron chi connectivity index (χ2n) is 7.79. The van der Waals surface area contributed by atoms with Crippen molar-refractivity contribution in [1.29, 1.82) is 0 Å². The molecule has 30 heavy (non-hydrogen) atoms. The van der Waals surface area contributed by atoms with Crippen molar-refractivity contribution in [2.24, 2.45) is 0 Å². The predicted octanol–water partition coefficient (Wildman–Crippen LogP) is 3.32. The topological polar surface area (TPSA) is 93.4 Å². The van der Waals surface area contributed by atoms with Crippen LogP contribution in [0.3, 0.4) is 0 Å². The van der Waals surface area contributed by atoms with Gasteiger partial charge in [-0.2, -0.15) is 0 Å². The molecule has 0 unspecified atom stereocenters. The van der Waals surface area contributed by atoms with E-state index in [9.17, 15) is 17.6 Å². The fourth-order valence-corrected chi connectivity index (χ4v) is 6.61. The molecule has 2 aromatic rings. The van der Waals surface area contributed by atoms with Gasteiger partial charge in [-0.3, -0.25) is 4.79 Å². The third-order valence-electron chi connectivity index (χ3n) is 5.69. The molecule has 0 N–H and O–H groups in total. The number of halogens is 1. The zero-order chi connectivity index (χ0) is 21.1. The molecule has 1 saturated carbocycles. The molecule has 0 spiro atoms. The van der Waals surface area contributed by atoms with Gasteiger partial charge in [0, 0.05) is 12.1 Å². The maximum atomic E-state index is 13.9. The molecule has 4 rings (SSSR count). The first-order chi connectivity index (χ1) is 14.4. The van der Waals surface area contributed by atoms with Gasteiger partial charge in [-0.25, -0.2) is 12.8 Å². The monoisotopic (exact) mass is 453 g/mol. The van der Waals surface area contributed by atoms with Crippen LogP contribution in [0.25, 0.3) is 11.5 Å². The quantitative estimate of drug-likeness (QED) is 0.620. The summed E-state index contributed by atoms with van der Waals surface area (Å²) in [4.78, 5) is 14.9. The number of nitrogens with zero attached hydrogens (tertiary/aromatic N) is 3. The highest BCUT2D eigenvalue weighted by Crippen LogP contribution is 2.30. The highest BCUT2D eigenvalue weighted by atomic mass is 32.2. The molecule has 1 aromatic carbocycles. The number of hydrogen-bond acceptors (Lipinski definition) is 7. The summed E-state index contributed by atoms with van der Waals surface area (Å²) in [5.74, 6) is -0.255. The Kier molecular flexibility index (Phi) is 6.43. The number of aromatic nitrogens is 2. The maximum Gasteiger partial charge on any atom is 0.277 e. The van der Waals surface area contributed by atoms with Crippen LogP contribution in [0.15, 0.2) is 33.9 Å². The van der Waals surface area contributed by atoms with E-state index in [0.717, 1.165) is 43.9 Å². The molecular weight excluding hydrogens is 429 g/mol. The van der Waals surface area contributed by atoms with Gasteiger partial charge in [-0.05, 0) is 31.4 Å². The summed E-state index contributed by atoms with van der Waals surface area (Å²) in [6.45, 7) is 0. The summed E-state index contributed by atoms with van der Waals surface area (Å²) in [6.07, 6.45) is 5.56. The van der Waals surface area contributed by atoms with E-state index >= 15 is 0 Å². The number of carbonyl (C=O) groups excluding carboxylic acids is 1. The molecule has 10 heteroatoms. The van der Waals surface area contributed by atoms with Gasteiger partial charge in [0.1, 0.15) is 5.82 Å². The van der Waals surface area contributed by atoms with Crippen LogP contribution in [0.1, 0.15) is 38.5 Å². The Bertz CT molecular complexity index is 1000. The smallest absolute Gasteiger partial charge is 0.277 e. The zero-order valence-electron chi connectivity index (χ0n) is 16.5. The first-order valence-electron chi connectivity index (χ1n) is 10.2. The van der Waals surface area contributed by atoms with Crippen LogP contribution in [-0.4, -0.2) is 58.8 Å². The molecule has 2 heterocycles. The van der Waals surface area contributed by atoms with Crippen molar-refractivity contribution < 1.29 is 22.0 Å². The van der Waals surface area contributed by atoms with Crippen LogP contribution >= 0.6 is 11.8 Å². The lowest BCUT2D eigenvalue weighted by atomic mass is 9.93. The summed E-state index contributed by atoms with van der Waals surface area (Å²) < 4.78 is 43.4. The van der Waals surface area contributed by atoms with Crippen molar-refractivity contribution in [2.45, 2.75) is 55.8 Å². The number of sulfone groups is 1. The number of thioether (sulfide) groups is 1. The summed E-state index contributed by atoms with van der Waals surface area (Å²) >= 11 is 1.10. The predicted molar refractivity (Wildman–Crippen MR) is 111 cm³/mol. The zero-order valence-corrected chi connectivity index (χ0v) is 18.1. The molecule has 1 atom stereocenters. The van der Waals surface area contributed by atoms with Gasteiger partial charge in [0.05, 0.1) is 22.8 Å². The summed E-state index contributed by atoms with van der Waals surface area (Å²) in [6, 6.07) is 5.94. The molecule has 1 amide bonds. The van der Waals surface area contributed by atoms with E-state index in [1.165, 1.54) is 6.07 Å². The van der Waals surface area contributed by atoms with E-state index in [1.807, 2.05) is 4.90 Å². The second kappa shape index (κ2) is 9.05. The summed E-state index contributed by atoms with van der Waals surface area (Å²) in [5.41, 5.74) is 0.211. The third-order valence-corrected chi connectivity index (χ3v) is 8.24. The highest BCUT2D eigenvalue weighted by Gasteiger charge is 2.38. The van der Waals surface area contributed by atoms with Crippen molar-refractivity contribution in [3.8, 4) is 11.5 Å². The number of carbonyl (C=O) groups is 1. The third kappa shape index (κ3) is 4.85. The number of hydrogen-bond donors (Lipinski definition) is 0. The van der Waals surface area contributed by atoms with Gasteiger partial charge in [-0.15, -0.1) is 10.2 Å². The van der Waals surface area contributed by atoms with Gasteiger partial charge in [0.2, 0.25) is 5.91 Å². The molecule has 1 saturated heterocycles. The molecule has 2 aliphatic rings. The molecule has 7 nitrogen and oxygen atoms in total. The van der Waals surface area contributed by atoms with Gasteiger partial charge in [0.25, 0.3) is 11.1 Å². The average Bonchev–Trinajstić information content (AvgIpc) is 3.34. The maximum absolute atomic E-state index is 13.9. The van der Waals surface area contributed by atoms with Crippen molar-refractivity contribution in [3.63, 3.8) is 0 Å². The fourth-order valence-electron chi connectivity index (χ4n) is 4.27. The first-order valence-corrected chi connectivity index (χ1v) is 13.0. The Morgan fingerprint density at radius 1 is 1.13 bits per heavy atom. The fraction of sp³-hybridized carbons (Fsp3) is 0.550. The lowest BCUT2D eigenvalue weighted by molar-refractivity contribution is -0.133. The molecule has 2 fully saturated rings. The van der Waals surface area contributed by atoms with E-state index in [4.69, 9.17) is 4.42 Å². The lowest BCUT2D eigenvalue weighted by Gasteiger charge is -2.38. The number of benzene rings is 1. The first kappa shape index (κ1) is 21.3. The summed E-state index contributed by atoms with van der Waals surface area (Å²) in [5, 5.41) is 7.97. The van der Waals surface area contributed by atoms with E-state index < -0.39 is 15.7 Å². The molecule has 1 aliphatic heterocycles. The van der Waals surface area contributed by atoms with Crippen LogP contribution < -0.4 is 0 Å². The van der Waals surface area contributed by atoms with Crippen LogP contribution in [0.5, 0.6) is 0 Å². The minimum atomic E-state index is -3.09. The summed E-state index contributed by atoms with van der Waals surface area (Å²) in [7, 11) is -3.09. The molecule has 1 aliphatic carbocycles. The van der Waals surface area contributed by atoms with Crippen LogP contribution in [0, 0.1) is 5.82 Å². The minimum absolute atomic E-state index is 0.0396. The molecule has 1 aromatic heterocycles. The van der Waals surface area contributed by atoms with Crippen LogP contribution in [0.2, 0.25) is 0 Å². The SMILES string of the molecule is O=C(CSc1nnc(-c2ccccc2F)o1)N(C1CCCCC1)[C@H]1CCS(=O)(=O)C1. The van der Waals surface area contributed by atoms with E-state index in [1.54, 1.807) is 18.2 Å². The Balaban J connectivity index is 1.44. The van der Waals surface area contributed by atoms with Gasteiger partial charge < -0.3 is 9.32 Å². The Morgan fingerprint density at radius 2 is 1.90 bits per heavy atom. The van der Waals surface area contributed by atoms with E-state index in [-0.39, 0.29) is 51.9 Å². The van der Waals surface area contributed by atoms with Crippen molar-refractivity contribution >= 4 is 27.5 Å². The molecular formula is C20H24FN3O4S2. The van der Waals surface area contributed by atoms with Gasteiger partial charge in [0.15, 0.2) is 9.84 Å². The Labute approximate surface area is 179 Å².